The molecule has 0 amide bonds. The summed E-state index contributed by atoms with van der Waals surface area (Å²) in [5, 5.41) is 11.2. The van der Waals surface area contributed by atoms with E-state index in [-0.39, 0.29) is 0 Å². The summed E-state index contributed by atoms with van der Waals surface area (Å²) in [5.41, 5.74) is 5.19. The lowest BCUT2D eigenvalue weighted by Crippen LogP contribution is -1.89. The minimum absolute atomic E-state index is 0.318. The van der Waals surface area contributed by atoms with Crippen LogP contribution in [0.3, 0.4) is 0 Å². The van der Waals surface area contributed by atoms with Crippen LogP contribution in [0.5, 0.6) is 0 Å². The van der Waals surface area contributed by atoms with E-state index in [1.165, 1.54) is 0 Å². The highest BCUT2D eigenvalue weighted by Gasteiger charge is 2.22. The molecule has 0 saturated heterocycles. The first-order valence-electron chi connectivity index (χ1n) is 10.6. The number of aliphatic imine (C=N–C) groups is 1. The number of aromatic nitrogens is 1. The van der Waals surface area contributed by atoms with Gasteiger partial charge in [-0.2, -0.15) is 5.26 Å². The summed E-state index contributed by atoms with van der Waals surface area (Å²) in [7, 11) is 0. The van der Waals surface area contributed by atoms with Gasteiger partial charge in [-0.1, -0.05) is 78.9 Å². The molecule has 32 heavy (non-hydrogen) atoms. The topological polar surface area (TPSA) is 54.2 Å². The summed E-state index contributed by atoms with van der Waals surface area (Å²) in [6, 6.07) is 30.3. The predicted octanol–water partition coefficient (Wildman–Crippen LogP) is 7.21. The van der Waals surface area contributed by atoms with Crippen LogP contribution in [-0.4, -0.2) is 10.8 Å². The smallest absolute Gasteiger partial charge is 0.238 e. The lowest BCUT2D eigenvalue weighted by Gasteiger charge is -2.03. The molecular weight excluding hydrogens is 394 g/mol. The monoisotopic (exact) mass is 415 g/mol. The summed E-state index contributed by atoms with van der Waals surface area (Å²) >= 11 is 0. The molecule has 0 N–H and O–H groups in total. The lowest BCUT2D eigenvalue weighted by atomic mass is 9.98. The third kappa shape index (κ3) is 3.40. The summed E-state index contributed by atoms with van der Waals surface area (Å²) in [6.45, 7) is 2.99. The molecule has 4 heteroatoms. The van der Waals surface area contributed by atoms with Gasteiger partial charge in [-0.15, -0.1) is 0 Å². The zero-order valence-corrected chi connectivity index (χ0v) is 17.7. The van der Waals surface area contributed by atoms with E-state index in [0.717, 1.165) is 39.7 Å². The first kappa shape index (κ1) is 19.6. The Kier molecular flexibility index (Phi) is 5.15. The number of rotatable bonds is 5. The van der Waals surface area contributed by atoms with E-state index in [1.807, 2.05) is 72.8 Å². The Bertz CT molecular complexity index is 1450. The van der Waals surface area contributed by atoms with Crippen LogP contribution in [0, 0.1) is 11.3 Å². The number of hydrogen-bond donors (Lipinski definition) is 0. The molecule has 0 aliphatic rings. The first-order chi connectivity index (χ1) is 15.8. The van der Waals surface area contributed by atoms with Gasteiger partial charge in [0.15, 0.2) is 0 Å². The molecule has 4 nitrogen and oxygen atoms in total. The van der Waals surface area contributed by atoms with Crippen molar-refractivity contribution in [3.05, 3.63) is 102 Å². The van der Waals surface area contributed by atoms with Crippen LogP contribution >= 0.6 is 0 Å². The van der Waals surface area contributed by atoms with E-state index in [2.05, 4.69) is 40.9 Å². The molecule has 0 atom stereocenters. The van der Waals surface area contributed by atoms with Crippen molar-refractivity contribution in [2.24, 2.45) is 4.99 Å². The number of para-hydroxylation sites is 1. The van der Waals surface area contributed by atoms with Crippen LogP contribution in [0.25, 0.3) is 33.4 Å². The van der Waals surface area contributed by atoms with Crippen molar-refractivity contribution in [1.29, 1.82) is 5.26 Å². The Morgan fingerprint density at radius 1 is 0.906 bits per heavy atom. The molecule has 0 spiro atoms. The maximum atomic E-state index is 10.0. The zero-order valence-electron chi connectivity index (χ0n) is 17.7. The number of nitriles is 1. The first-order valence-corrected chi connectivity index (χ1v) is 10.6. The highest BCUT2D eigenvalue weighted by Crippen LogP contribution is 2.42. The van der Waals surface area contributed by atoms with E-state index in [4.69, 9.17) is 4.42 Å². The largest absolute Gasteiger partial charge is 0.436 e. The molecule has 0 unspecified atom stereocenters. The van der Waals surface area contributed by atoms with Gasteiger partial charge in [0, 0.05) is 46.5 Å². The van der Waals surface area contributed by atoms with Crippen molar-refractivity contribution in [2.75, 3.05) is 0 Å². The third-order valence-electron chi connectivity index (χ3n) is 5.58. The molecule has 0 radical (unpaired) electrons. The van der Waals surface area contributed by atoms with Crippen molar-refractivity contribution in [2.45, 2.75) is 13.5 Å². The second-order valence-electron chi connectivity index (χ2n) is 7.48. The molecule has 0 saturated carbocycles. The second-order valence-corrected chi connectivity index (χ2v) is 7.48. The Morgan fingerprint density at radius 3 is 2.25 bits per heavy atom. The van der Waals surface area contributed by atoms with Gasteiger partial charge in [-0.05, 0) is 18.6 Å². The molecule has 2 heterocycles. The summed E-state index contributed by atoms with van der Waals surface area (Å²) in [4.78, 5) is 4.65. The molecule has 0 aliphatic heterocycles. The highest BCUT2D eigenvalue weighted by molar-refractivity contribution is 6.00. The number of benzene rings is 3. The maximum Gasteiger partial charge on any atom is 0.238 e. The fourth-order valence-corrected chi connectivity index (χ4v) is 4.05. The van der Waals surface area contributed by atoms with E-state index < -0.39 is 0 Å². The molecule has 5 rings (SSSR count). The van der Waals surface area contributed by atoms with E-state index in [9.17, 15) is 5.26 Å². The zero-order chi connectivity index (χ0) is 21.9. The Hall–Kier alpha value is -4.36. The fourth-order valence-electron chi connectivity index (χ4n) is 4.05. The van der Waals surface area contributed by atoms with Gasteiger partial charge >= 0.3 is 0 Å². The second kappa shape index (κ2) is 8.41. The number of hydrogen-bond acceptors (Lipinski definition) is 3. The van der Waals surface area contributed by atoms with Gasteiger partial charge in [-0.25, -0.2) is 4.99 Å². The van der Waals surface area contributed by atoms with Gasteiger partial charge in [0.1, 0.15) is 17.4 Å². The Morgan fingerprint density at radius 2 is 1.56 bits per heavy atom. The number of nitrogens with zero attached hydrogens (tertiary/aromatic N) is 3. The molecule has 0 fully saturated rings. The minimum atomic E-state index is 0.318. The van der Waals surface area contributed by atoms with Crippen LogP contribution in [0.1, 0.15) is 18.1 Å². The Balaban J connectivity index is 1.68. The van der Waals surface area contributed by atoms with Gasteiger partial charge < -0.3 is 8.98 Å². The van der Waals surface area contributed by atoms with Crippen molar-refractivity contribution in [1.82, 2.24) is 4.57 Å². The van der Waals surface area contributed by atoms with Crippen molar-refractivity contribution in [3.8, 4) is 28.5 Å². The minimum Gasteiger partial charge on any atom is -0.436 e. The maximum absolute atomic E-state index is 10.0. The van der Waals surface area contributed by atoms with Gasteiger partial charge in [0.05, 0.1) is 0 Å². The van der Waals surface area contributed by atoms with Crippen molar-refractivity contribution in [3.63, 3.8) is 0 Å². The molecule has 0 bridgehead atoms. The molecular formula is C28H21N3O. The van der Waals surface area contributed by atoms with Crippen LogP contribution in [-0.2, 0) is 6.54 Å². The average Bonchev–Trinajstić information content (AvgIpc) is 3.42. The van der Waals surface area contributed by atoms with E-state index >= 15 is 0 Å². The van der Waals surface area contributed by atoms with Gasteiger partial charge in [0.2, 0.25) is 5.88 Å². The summed E-state index contributed by atoms with van der Waals surface area (Å²) < 4.78 is 8.41. The third-order valence-corrected chi connectivity index (χ3v) is 5.58. The normalized spacial score (nSPS) is 11.2. The SMILES string of the molecule is CCn1cc(/C=N/c2oc(-c3ccccc3)c(-c3ccccc3)c2C#N)c2ccccc21. The quantitative estimate of drug-likeness (QED) is 0.285. The van der Waals surface area contributed by atoms with Gasteiger partial charge in [-0.3, -0.25) is 0 Å². The van der Waals surface area contributed by atoms with Crippen molar-refractivity contribution >= 4 is 23.0 Å². The number of furan rings is 1. The van der Waals surface area contributed by atoms with Crippen LogP contribution < -0.4 is 0 Å². The fraction of sp³-hybridized carbons (Fsp3) is 0.0714. The average molecular weight is 415 g/mol. The van der Waals surface area contributed by atoms with Crippen LogP contribution in [0.15, 0.2) is 101 Å². The van der Waals surface area contributed by atoms with Crippen LogP contribution in [0.2, 0.25) is 0 Å². The summed E-state index contributed by atoms with van der Waals surface area (Å²) in [5.74, 6) is 0.968. The highest BCUT2D eigenvalue weighted by atomic mass is 16.4. The number of fused-ring (bicyclic) bond motifs is 1. The van der Waals surface area contributed by atoms with E-state index in [0.29, 0.717) is 17.2 Å². The van der Waals surface area contributed by atoms with Gasteiger partial charge in [0.25, 0.3) is 0 Å². The standard InChI is InChI=1S/C28H21N3O/c1-2-31-19-22(23-15-9-10-16-25(23)31)18-30-28-24(17-29)26(20-11-5-3-6-12-20)27(32-28)21-13-7-4-8-14-21/h3-16,18-19H,2H2,1H3/b30-18+. The lowest BCUT2D eigenvalue weighted by molar-refractivity contribution is 0.593. The number of aryl methyl sites for hydroxylation is 1. The van der Waals surface area contributed by atoms with Crippen molar-refractivity contribution < 1.29 is 4.42 Å². The molecule has 3 aromatic carbocycles. The molecule has 5 aromatic rings. The summed E-state index contributed by atoms with van der Waals surface area (Å²) in [6.07, 6.45) is 3.87. The molecule has 0 aliphatic carbocycles. The Labute approximate surface area is 186 Å². The molecule has 154 valence electrons. The predicted molar refractivity (Wildman–Crippen MR) is 129 cm³/mol. The molecule has 2 aromatic heterocycles. The van der Waals surface area contributed by atoms with Crippen LogP contribution in [0.4, 0.5) is 5.88 Å². The van der Waals surface area contributed by atoms with E-state index in [1.54, 1.807) is 6.21 Å².